The molecule has 0 spiro atoms. The van der Waals surface area contributed by atoms with Crippen molar-refractivity contribution in [1.82, 2.24) is 5.32 Å². The lowest BCUT2D eigenvalue weighted by molar-refractivity contribution is -0.143. The Labute approximate surface area is 424 Å². The van der Waals surface area contributed by atoms with E-state index < -0.39 is 12.1 Å². The summed E-state index contributed by atoms with van der Waals surface area (Å²) in [7, 11) is 0. The lowest BCUT2D eigenvalue weighted by atomic mass is 10.0. The van der Waals surface area contributed by atoms with Crippen LogP contribution in [0.15, 0.2) is 36.5 Å². The molecular formula is C62H117NO5. The van der Waals surface area contributed by atoms with Gasteiger partial charge in [-0.25, -0.2) is 0 Å². The Morgan fingerprint density at radius 2 is 0.691 bits per heavy atom. The van der Waals surface area contributed by atoms with Crippen LogP contribution in [0.2, 0.25) is 0 Å². The van der Waals surface area contributed by atoms with Crippen LogP contribution in [0.5, 0.6) is 0 Å². The van der Waals surface area contributed by atoms with Gasteiger partial charge in [0.05, 0.1) is 25.4 Å². The van der Waals surface area contributed by atoms with Gasteiger partial charge in [0, 0.05) is 12.8 Å². The van der Waals surface area contributed by atoms with Gasteiger partial charge in [0.25, 0.3) is 0 Å². The zero-order valence-corrected chi connectivity index (χ0v) is 45.6. The normalized spacial score (nSPS) is 12.8. The molecule has 2 atom stereocenters. The van der Waals surface area contributed by atoms with Crippen LogP contribution in [-0.2, 0) is 14.3 Å². The third kappa shape index (κ3) is 53.4. The van der Waals surface area contributed by atoms with Gasteiger partial charge in [-0.15, -0.1) is 0 Å². The molecule has 0 fully saturated rings. The molecule has 0 heterocycles. The minimum Gasteiger partial charge on any atom is -0.466 e. The van der Waals surface area contributed by atoms with Crippen molar-refractivity contribution in [2.45, 2.75) is 334 Å². The van der Waals surface area contributed by atoms with E-state index in [1.54, 1.807) is 6.08 Å². The quantitative estimate of drug-likeness (QED) is 0.0321. The zero-order chi connectivity index (χ0) is 49.3. The van der Waals surface area contributed by atoms with Crippen molar-refractivity contribution in [1.29, 1.82) is 0 Å². The van der Waals surface area contributed by atoms with E-state index in [-0.39, 0.29) is 18.5 Å². The summed E-state index contributed by atoms with van der Waals surface area (Å²) in [6.45, 7) is 4.88. The second-order valence-electron chi connectivity index (χ2n) is 20.7. The van der Waals surface area contributed by atoms with Crippen molar-refractivity contribution < 1.29 is 24.5 Å². The summed E-state index contributed by atoms with van der Waals surface area (Å²) in [6.07, 6.45) is 71.8. The minimum atomic E-state index is -0.846. The van der Waals surface area contributed by atoms with Crippen LogP contribution in [0.3, 0.4) is 0 Å². The van der Waals surface area contributed by atoms with Gasteiger partial charge >= 0.3 is 5.97 Å². The lowest BCUT2D eigenvalue weighted by Gasteiger charge is -2.20. The molecule has 2 unspecified atom stereocenters. The van der Waals surface area contributed by atoms with Gasteiger partial charge in [-0.3, -0.25) is 9.59 Å². The van der Waals surface area contributed by atoms with Crippen molar-refractivity contribution in [3.8, 4) is 0 Å². The van der Waals surface area contributed by atoms with Crippen LogP contribution in [-0.4, -0.2) is 47.4 Å². The van der Waals surface area contributed by atoms with E-state index in [9.17, 15) is 19.8 Å². The standard InChI is InChI=1S/C62H117NO5/c1-3-5-7-9-11-13-15-17-31-34-38-42-46-50-54-60(65)59(58-64)63-61(66)55-51-47-43-39-35-32-29-27-25-23-21-19-18-20-22-24-26-28-30-33-37-41-45-49-53-57-68-62(67)56-52-48-44-40-36-16-14-12-10-8-6-4-2/h12,14,19,21,50,54,59-60,64-65H,3-11,13,15-18,20,22-49,51-53,55-58H2,1-2H3,(H,63,66)/b14-12-,21-19-,54-50+. The maximum absolute atomic E-state index is 12.4. The monoisotopic (exact) mass is 956 g/mol. The number of unbranched alkanes of at least 4 members (excludes halogenated alkanes) is 41. The molecule has 0 aliphatic rings. The maximum atomic E-state index is 12.4. The molecule has 0 aromatic rings. The average molecular weight is 957 g/mol. The van der Waals surface area contributed by atoms with E-state index in [2.05, 4.69) is 43.5 Å². The van der Waals surface area contributed by atoms with Gasteiger partial charge < -0.3 is 20.3 Å². The zero-order valence-electron chi connectivity index (χ0n) is 45.6. The first-order valence-electron chi connectivity index (χ1n) is 30.3. The summed E-state index contributed by atoms with van der Waals surface area (Å²) < 4.78 is 5.46. The molecule has 0 saturated carbocycles. The second-order valence-corrected chi connectivity index (χ2v) is 20.7. The Morgan fingerprint density at radius 3 is 1.07 bits per heavy atom. The second kappa shape index (κ2) is 57.7. The first kappa shape index (κ1) is 66.1. The molecule has 6 heteroatoms. The van der Waals surface area contributed by atoms with Crippen LogP contribution in [0, 0.1) is 0 Å². The fraction of sp³-hybridized carbons (Fsp3) is 0.871. The largest absolute Gasteiger partial charge is 0.466 e. The van der Waals surface area contributed by atoms with E-state index in [1.807, 2.05) is 6.08 Å². The van der Waals surface area contributed by atoms with Gasteiger partial charge in [-0.05, 0) is 83.5 Å². The van der Waals surface area contributed by atoms with Crippen LogP contribution in [0.25, 0.3) is 0 Å². The molecule has 68 heavy (non-hydrogen) atoms. The smallest absolute Gasteiger partial charge is 0.305 e. The summed E-state index contributed by atoms with van der Waals surface area (Å²) in [6, 6.07) is -0.630. The average Bonchev–Trinajstić information content (AvgIpc) is 3.34. The van der Waals surface area contributed by atoms with Crippen LogP contribution >= 0.6 is 0 Å². The lowest BCUT2D eigenvalue weighted by Crippen LogP contribution is -2.45. The van der Waals surface area contributed by atoms with Gasteiger partial charge in [0.15, 0.2) is 0 Å². The first-order valence-corrected chi connectivity index (χ1v) is 30.3. The number of rotatable bonds is 56. The van der Waals surface area contributed by atoms with E-state index in [4.69, 9.17) is 4.74 Å². The van der Waals surface area contributed by atoms with Crippen LogP contribution in [0.4, 0.5) is 0 Å². The van der Waals surface area contributed by atoms with Crippen molar-refractivity contribution in [3.63, 3.8) is 0 Å². The van der Waals surface area contributed by atoms with Crippen molar-refractivity contribution in [2.24, 2.45) is 0 Å². The Bertz CT molecular complexity index is 1100. The summed E-state index contributed by atoms with van der Waals surface area (Å²) in [5.74, 6) is -0.0679. The fourth-order valence-corrected chi connectivity index (χ4v) is 9.21. The molecule has 0 aromatic carbocycles. The molecule has 0 radical (unpaired) electrons. The predicted octanol–water partition coefficient (Wildman–Crippen LogP) is 18.8. The number of ether oxygens (including phenoxy) is 1. The van der Waals surface area contributed by atoms with Crippen molar-refractivity contribution in [2.75, 3.05) is 13.2 Å². The number of amides is 1. The predicted molar refractivity (Wildman–Crippen MR) is 296 cm³/mol. The summed E-state index contributed by atoms with van der Waals surface area (Å²) >= 11 is 0. The van der Waals surface area contributed by atoms with E-state index in [1.165, 1.54) is 250 Å². The SMILES string of the molecule is CCCCC/C=C\CCCCCCCC(=O)OCCCCCCCCCCCCCC/C=C\CCCCCCCCCCCC(=O)NC(CO)C(O)/C=C/CCCCCCCCCCCCCC. The number of nitrogens with one attached hydrogen (secondary N) is 1. The molecule has 6 nitrogen and oxygen atoms in total. The number of allylic oxidation sites excluding steroid dienone is 5. The van der Waals surface area contributed by atoms with Gasteiger partial charge in [-0.2, -0.15) is 0 Å². The molecule has 0 aliphatic carbocycles. The highest BCUT2D eigenvalue weighted by Crippen LogP contribution is 2.16. The van der Waals surface area contributed by atoms with Crippen molar-refractivity contribution in [3.05, 3.63) is 36.5 Å². The molecule has 0 bridgehead atoms. The number of hydrogen-bond acceptors (Lipinski definition) is 5. The fourth-order valence-electron chi connectivity index (χ4n) is 9.21. The first-order chi connectivity index (χ1) is 33.5. The van der Waals surface area contributed by atoms with Gasteiger partial charge in [-0.1, -0.05) is 262 Å². The number of esters is 1. The summed E-state index contributed by atoms with van der Waals surface area (Å²) in [4.78, 5) is 24.5. The Hall–Kier alpha value is -1.92. The Balaban J connectivity index is 3.42. The molecule has 0 aliphatic heterocycles. The maximum Gasteiger partial charge on any atom is 0.305 e. The third-order valence-corrected chi connectivity index (χ3v) is 13.9. The molecule has 3 N–H and O–H groups in total. The number of carbonyl (C=O) groups is 2. The number of hydrogen-bond donors (Lipinski definition) is 3. The summed E-state index contributed by atoms with van der Waals surface area (Å²) in [5, 5.41) is 23.1. The third-order valence-electron chi connectivity index (χ3n) is 13.9. The Kier molecular flexibility index (Phi) is 56.0. The van der Waals surface area contributed by atoms with Gasteiger partial charge in [0.2, 0.25) is 5.91 Å². The molecule has 0 rings (SSSR count). The molecular weight excluding hydrogens is 839 g/mol. The highest BCUT2D eigenvalue weighted by Gasteiger charge is 2.18. The van der Waals surface area contributed by atoms with E-state index in [0.29, 0.717) is 19.4 Å². The molecule has 0 saturated heterocycles. The minimum absolute atomic E-state index is 0.00267. The van der Waals surface area contributed by atoms with E-state index >= 15 is 0 Å². The highest BCUT2D eigenvalue weighted by atomic mass is 16.5. The topological polar surface area (TPSA) is 95.9 Å². The number of carbonyl (C=O) groups excluding carboxylic acids is 2. The number of aliphatic hydroxyl groups excluding tert-OH is 2. The molecule has 400 valence electrons. The highest BCUT2D eigenvalue weighted by molar-refractivity contribution is 5.76. The molecule has 1 amide bonds. The van der Waals surface area contributed by atoms with Crippen LogP contribution < -0.4 is 5.32 Å². The summed E-state index contributed by atoms with van der Waals surface area (Å²) in [5.41, 5.74) is 0. The van der Waals surface area contributed by atoms with E-state index in [0.717, 1.165) is 44.9 Å². The van der Waals surface area contributed by atoms with Crippen LogP contribution in [0.1, 0.15) is 322 Å². The molecule has 0 aromatic heterocycles. The Morgan fingerprint density at radius 1 is 0.397 bits per heavy atom. The van der Waals surface area contributed by atoms with Crippen molar-refractivity contribution >= 4 is 11.9 Å². The van der Waals surface area contributed by atoms with Gasteiger partial charge in [0.1, 0.15) is 0 Å². The number of aliphatic hydroxyl groups is 2.